The highest BCUT2D eigenvalue weighted by Crippen LogP contribution is 2.22. The standard InChI is InChI=1S/C22H28N2O6/c1-20(2,3)29-17(25)11-12-22(18(26)27,24-19(28)30-21(4,5)6)14-15-9-8-10-16(13-15)23-7/h8-13H,14H2,1-6H3,(H,24,28)(H,26,27)/b12-11+/t22-/m1/s1. The van der Waals surface area contributed by atoms with Crippen LogP contribution in [0.4, 0.5) is 10.5 Å². The van der Waals surface area contributed by atoms with Crippen molar-refractivity contribution < 1.29 is 29.0 Å². The maximum absolute atomic E-state index is 12.4. The summed E-state index contributed by atoms with van der Waals surface area (Å²) in [4.78, 5) is 40.1. The molecule has 0 radical (unpaired) electrons. The monoisotopic (exact) mass is 416 g/mol. The van der Waals surface area contributed by atoms with Crippen LogP contribution < -0.4 is 5.32 Å². The molecule has 0 saturated heterocycles. The summed E-state index contributed by atoms with van der Waals surface area (Å²) in [6.07, 6.45) is 0.859. The summed E-state index contributed by atoms with van der Waals surface area (Å²) in [5.41, 5.74) is -2.82. The Morgan fingerprint density at radius 2 is 1.70 bits per heavy atom. The Kier molecular flexibility index (Phi) is 7.77. The van der Waals surface area contributed by atoms with Crippen LogP contribution >= 0.6 is 0 Å². The molecule has 162 valence electrons. The molecule has 0 spiro atoms. The maximum atomic E-state index is 12.4. The second kappa shape index (κ2) is 9.44. The zero-order valence-electron chi connectivity index (χ0n) is 18.1. The van der Waals surface area contributed by atoms with Crippen molar-refractivity contribution in [2.24, 2.45) is 0 Å². The van der Waals surface area contributed by atoms with Gasteiger partial charge in [0.15, 0.2) is 11.2 Å². The summed E-state index contributed by atoms with van der Waals surface area (Å²) in [5, 5.41) is 12.3. The van der Waals surface area contributed by atoms with Gasteiger partial charge in [-0.1, -0.05) is 29.8 Å². The molecule has 0 fully saturated rings. The van der Waals surface area contributed by atoms with Crippen LogP contribution in [0.3, 0.4) is 0 Å². The summed E-state index contributed by atoms with van der Waals surface area (Å²) in [6.45, 7) is 17.1. The number of carbonyl (C=O) groups is 3. The van der Waals surface area contributed by atoms with Crippen molar-refractivity contribution >= 4 is 23.7 Å². The third-order valence-electron chi connectivity index (χ3n) is 3.54. The van der Waals surface area contributed by atoms with E-state index >= 15 is 0 Å². The first-order valence-electron chi connectivity index (χ1n) is 9.29. The van der Waals surface area contributed by atoms with Crippen molar-refractivity contribution in [3.63, 3.8) is 0 Å². The molecule has 0 unspecified atom stereocenters. The first kappa shape index (κ1) is 24.7. The van der Waals surface area contributed by atoms with E-state index in [1.165, 1.54) is 6.07 Å². The number of carboxylic acid groups (broad SMARTS) is 1. The van der Waals surface area contributed by atoms with E-state index in [0.717, 1.165) is 12.2 Å². The van der Waals surface area contributed by atoms with E-state index < -0.39 is 34.8 Å². The SMILES string of the molecule is [C-]#[N+]c1cccc(C[C@@](/C=C/C(=O)OC(C)(C)C)(NC(=O)OC(C)(C)C)C(=O)O)c1. The highest BCUT2D eigenvalue weighted by molar-refractivity contribution is 5.90. The average molecular weight is 416 g/mol. The van der Waals surface area contributed by atoms with Crippen molar-refractivity contribution in [2.45, 2.75) is 64.7 Å². The van der Waals surface area contributed by atoms with Gasteiger partial charge in [-0.2, -0.15) is 0 Å². The van der Waals surface area contributed by atoms with Gasteiger partial charge in [0.25, 0.3) is 0 Å². The van der Waals surface area contributed by atoms with E-state index in [0.29, 0.717) is 11.3 Å². The van der Waals surface area contributed by atoms with E-state index in [-0.39, 0.29) is 6.42 Å². The van der Waals surface area contributed by atoms with Crippen LogP contribution in [0.1, 0.15) is 47.1 Å². The van der Waals surface area contributed by atoms with Crippen molar-refractivity contribution in [1.29, 1.82) is 0 Å². The predicted octanol–water partition coefficient (Wildman–Crippen LogP) is 4.03. The number of hydrogen-bond donors (Lipinski definition) is 2. The molecule has 1 rings (SSSR count). The number of hydrogen-bond acceptors (Lipinski definition) is 5. The fourth-order valence-electron chi connectivity index (χ4n) is 2.43. The molecule has 1 atom stereocenters. The number of benzene rings is 1. The first-order valence-corrected chi connectivity index (χ1v) is 9.29. The molecule has 1 aromatic rings. The fraction of sp³-hybridized carbons (Fsp3) is 0.455. The van der Waals surface area contributed by atoms with E-state index in [2.05, 4.69) is 10.2 Å². The van der Waals surface area contributed by atoms with Gasteiger partial charge in [-0.25, -0.2) is 19.2 Å². The largest absolute Gasteiger partial charge is 0.479 e. The molecule has 0 aromatic heterocycles. The summed E-state index contributed by atoms with van der Waals surface area (Å²) >= 11 is 0. The molecule has 0 bridgehead atoms. The van der Waals surface area contributed by atoms with E-state index in [4.69, 9.17) is 16.0 Å². The molecule has 1 aromatic carbocycles. The van der Waals surface area contributed by atoms with E-state index in [1.807, 2.05) is 0 Å². The molecule has 2 N–H and O–H groups in total. The molecule has 8 heteroatoms. The number of aliphatic carboxylic acids is 1. The topological polar surface area (TPSA) is 106 Å². The lowest BCUT2D eigenvalue weighted by Crippen LogP contribution is -2.56. The van der Waals surface area contributed by atoms with Gasteiger partial charge < -0.3 is 19.9 Å². The smallest absolute Gasteiger partial charge is 0.408 e. The molecule has 0 aliphatic carbocycles. The summed E-state index contributed by atoms with van der Waals surface area (Å²) in [5.74, 6) is -2.16. The molecule has 0 aliphatic heterocycles. The van der Waals surface area contributed by atoms with Crippen LogP contribution in [0.5, 0.6) is 0 Å². The second-order valence-electron chi connectivity index (χ2n) is 8.73. The molecule has 1 amide bonds. The third kappa shape index (κ3) is 8.35. The summed E-state index contributed by atoms with van der Waals surface area (Å²) < 4.78 is 10.4. The Hall–Kier alpha value is -3.34. The van der Waals surface area contributed by atoms with E-state index in [9.17, 15) is 19.5 Å². The Morgan fingerprint density at radius 3 is 2.20 bits per heavy atom. The normalized spacial score (nSPS) is 13.8. The lowest BCUT2D eigenvalue weighted by Gasteiger charge is -2.29. The first-order chi connectivity index (χ1) is 13.7. The lowest BCUT2D eigenvalue weighted by atomic mass is 9.90. The fourth-order valence-corrected chi connectivity index (χ4v) is 2.43. The molecule has 8 nitrogen and oxygen atoms in total. The number of amides is 1. The van der Waals surface area contributed by atoms with Crippen molar-refractivity contribution in [2.75, 3.05) is 0 Å². The van der Waals surface area contributed by atoms with Crippen LogP contribution in [-0.2, 0) is 25.5 Å². The molecule has 0 saturated carbocycles. The number of rotatable bonds is 6. The van der Waals surface area contributed by atoms with Gasteiger partial charge in [-0.3, -0.25) is 0 Å². The number of carbonyl (C=O) groups excluding carboxylic acids is 2. The quantitative estimate of drug-likeness (QED) is 0.412. The minimum Gasteiger partial charge on any atom is -0.479 e. The van der Waals surface area contributed by atoms with Crippen LogP contribution in [0.15, 0.2) is 36.4 Å². The predicted molar refractivity (Wildman–Crippen MR) is 111 cm³/mol. The van der Waals surface area contributed by atoms with Crippen LogP contribution in [0, 0.1) is 6.57 Å². The summed E-state index contributed by atoms with van der Waals surface area (Å²) in [6, 6.07) is 6.34. The number of alkyl carbamates (subject to hydrolysis) is 1. The van der Waals surface area contributed by atoms with Crippen LogP contribution in [0.2, 0.25) is 0 Å². The van der Waals surface area contributed by atoms with Gasteiger partial charge >= 0.3 is 18.0 Å². The Morgan fingerprint density at radius 1 is 1.10 bits per heavy atom. The van der Waals surface area contributed by atoms with Gasteiger partial charge in [0, 0.05) is 12.5 Å². The molecular weight excluding hydrogens is 388 g/mol. The third-order valence-corrected chi connectivity index (χ3v) is 3.54. The second-order valence-corrected chi connectivity index (χ2v) is 8.73. The highest BCUT2D eigenvalue weighted by atomic mass is 16.6. The molecule has 30 heavy (non-hydrogen) atoms. The van der Waals surface area contributed by atoms with Gasteiger partial charge in [-0.15, -0.1) is 0 Å². The minimum absolute atomic E-state index is 0.218. The van der Waals surface area contributed by atoms with Gasteiger partial charge in [0.05, 0.1) is 6.57 Å². The Labute approximate surface area is 176 Å². The van der Waals surface area contributed by atoms with Gasteiger partial charge in [-0.05, 0) is 47.6 Å². The average Bonchev–Trinajstić information content (AvgIpc) is 2.56. The summed E-state index contributed by atoms with van der Waals surface area (Å²) in [7, 11) is 0. The van der Waals surface area contributed by atoms with Gasteiger partial charge in [0.2, 0.25) is 0 Å². The zero-order valence-corrected chi connectivity index (χ0v) is 18.1. The number of nitrogens with zero attached hydrogens (tertiary/aromatic N) is 1. The number of carboxylic acids is 1. The Balaban J connectivity index is 3.34. The highest BCUT2D eigenvalue weighted by Gasteiger charge is 2.39. The van der Waals surface area contributed by atoms with Crippen LogP contribution in [0.25, 0.3) is 4.85 Å². The van der Waals surface area contributed by atoms with Crippen molar-refractivity contribution in [1.82, 2.24) is 5.32 Å². The number of ether oxygens (including phenoxy) is 2. The molecule has 0 heterocycles. The lowest BCUT2D eigenvalue weighted by molar-refractivity contribution is -0.148. The maximum Gasteiger partial charge on any atom is 0.408 e. The van der Waals surface area contributed by atoms with Crippen molar-refractivity contribution in [3.8, 4) is 0 Å². The minimum atomic E-state index is -2.00. The Bertz CT molecular complexity index is 871. The van der Waals surface area contributed by atoms with Gasteiger partial charge in [0.1, 0.15) is 11.2 Å². The van der Waals surface area contributed by atoms with Crippen LogP contribution in [-0.4, -0.2) is 39.9 Å². The molecule has 0 aliphatic rings. The zero-order chi connectivity index (χ0) is 23.2. The number of esters is 1. The van der Waals surface area contributed by atoms with Crippen molar-refractivity contribution in [3.05, 3.63) is 53.4 Å². The number of nitrogens with one attached hydrogen (secondary N) is 1. The van der Waals surface area contributed by atoms with E-state index in [1.54, 1.807) is 59.7 Å². The molecular formula is C22H28N2O6.